The fourth-order valence-electron chi connectivity index (χ4n) is 3.16. The van der Waals surface area contributed by atoms with Crippen molar-refractivity contribution in [1.29, 1.82) is 0 Å². The first-order valence-corrected chi connectivity index (χ1v) is 9.47. The summed E-state index contributed by atoms with van der Waals surface area (Å²) >= 11 is 0. The number of nitrogens with zero attached hydrogens (tertiary/aromatic N) is 2. The van der Waals surface area contributed by atoms with E-state index in [0.29, 0.717) is 31.2 Å². The molecule has 0 atom stereocenters. The fraction of sp³-hybridized carbons (Fsp3) is 0.217. The number of aryl methyl sites for hydroxylation is 1. The van der Waals surface area contributed by atoms with Crippen LogP contribution in [0, 0.1) is 6.92 Å². The summed E-state index contributed by atoms with van der Waals surface area (Å²) in [4.78, 5) is 23.1. The molecule has 1 aliphatic heterocycles. The Morgan fingerprint density at radius 2 is 1.79 bits per heavy atom. The zero-order valence-corrected chi connectivity index (χ0v) is 15.9. The summed E-state index contributed by atoms with van der Waals surface area (Å²) in [5.74, 6) is 0.508. The standard InChI is InChI=1S/C23H23N3O2/c1-17-7-9-18(10-8-17)15-24-21-12-11-20-13-14-26(23(27)22(20)25-21)28-16-19-5-3-2-4-6-19/h2-12H,13-16H2,1H3,(H,24,25). The third kappa shape index (κ3) is 4.21. The molecule has 0 bridgehead atoms. The van der Waals surface area contributed by atoms with Gasteiger partial charge in [-0.15, -0.1) is 0 Å². The zero-order valence-electron chi connectivity index (χ0n) is 15.9. The predicted molar refractivity (Wildman–Crippen MR) is 109 cm³/mol. The average Bonchev–Trinajstić information content (AvgIpc) is 2.74. The van der Waals surface area contributed by atoms with Crippen molar-refractivity contribution in [2.75, 3.05) is 11.9 Å². The van der Waals surface area contributed by atoms with Gasteiger partial charge in [0.2, 0.25) is 0 Å². The summed E-state index contributed by atoms with van der Waals surface area (Å²) in [6, 6.07) is 22.1. The van der Waals surface area contributed by atoms with Crippen molar-refractivity contribution in [3.63, 3.8) is 0 Å². The number of nitrogens with one attached hydrogen (secondary N) is 1. The van der Waals surface area contributed by atoms with Crippen LogP contribution in [0.4, 0.5) is 5.82 Å². The van der Waals surface area contributed by atoms with Crippen molar-refractivity contribution in [3.8, 4) is 0 Å². The van der Waals surface area contributed by atoms with Crippen molar-refractivity contribution in [2.45, 2.75) is 26.5 Å². The highest BCUT2D eigenvalue weighted by Gasteiger charge is 2.27. The second kappa shape index (κ2) is 8.23. The normalized spacial score (nSPS) is 13.3. The number of hydroxylamine groups is 2. The maximum Gasteiger partial charge on any atom is 0.296 e. The second-order valence-electron chi connectivity index (χ2n) is 6.96. The number of hydrogen-bond acceptors (Lipinski definition) is 4. The predicted octanol–water partition coefficient (Wildman–Crippen LogP) is 4.13. The first kappa shape index (κ1) is 18.2. The van der Waals surface area contributed by atoms with E-state index in [1.807, 2.05) is 42.5 Å². The van der Waals surface area contributed by atoms with Gasteiger partial charge in [-0.05, 0) is 36.1 Å². The molecule has 0 saturated carbocycles. The Morgan fingerprint density at radius 1 is 1.00 bits per heavy atom. The van der Waals surface area contributed by atoms with Gasteiger partial charge in [-0.1, -0.05) is 66.2 Å². The summed E-state index contributed by atoms with van der Waals surface area (Å²) in [6.45, 7) is 3.64. The minimum absolute atomic E-state index is 0.184. The van der Waals surface area contributed by atoms with E-state index in [9.17, 15) is 4.79 Å². The zero-order chi connectivity index (χ0) is 19.3. The minimum atomic E-state index is -0.184. The molecule has 1 N–H and O–H groups in total. The van der Waals surface area contributed by atoms with Gasteiger partial charge >= 0.3 is 0 Å². The SMILES string of the molecule is Cc1ccc(CNc2ccc3c(n2)C(=O)N(OCc2ccccc2)CC3)cc1. The maximum absolute atomic E-state index is 12.8. The fourth-order valence-corrected chi connectivity index (χ4v) is 3.16. The van der Waals surface area contributed by atoms with Crippen molar-refractivity contribution >= 4 is 11.7 Å². The molecule has 0 aliphatic carbocycles. The summed E-state index contributed by atoms with van der Waals surface area (Å²) in [5, 5.41) is 4.72. The Balaban J connectivity index is 1.42. The van der Waals surface area contributed by atoms with Crippen molar-refractivity contribution in [1.82, 2.24) is 10.0 Å². The van der Waals surface area contributed by atoms with E-state index in [1.54, 1.807) is 0 Å². The van der Waals surface area contributed by atoms with Crippen LogP contribution in [0.15, 0.2) is 66.7 Å². The van der Waals surface area contributed by atoms with Gasteiger partial charge in [0.05, 0.1) is 6.54 Å². The molecule has 2 aromatic carbocycles. The van der Waals surface area contributed by atoms with E-state index >= 15 is 0 Å². The molecular weight excluding hydrogens is 350 g/mol. The molecule has 1 amide bonds. The Morgan fingerprint density at radius 3 is 2.57 bits per heavy atom. The van der Waals surface area contributed by atoms with E-state index in [2.05, 4.69) is 41.5 Å². The Kier molecular flexibility index (Phi) is 5.35. The van der Waals surface area contributed by atoms with Gasteiger partial charge in [-0.2, -0.15) is 0 Å². The topological polar surface area (TPSA) is 54.5 Å². The van der Waals surface area contributed by atoms with Crippen LogP contribution in [0.3, 0.4) is 0 Å². The highest BCUT2D eigenvalue weighted by atomic mass is 16.7. The lowest BCUT2D eigenvalue weighted by molar-refractivity contribution is -0.135. The largest absolute Gasteiger partial charge is 0.366 e. The van der Waals surface area contributed by atoms with Crippen LogP contribution in [-0.2, 0) is 24.4 Å². The molecule has 5 heteroatoms. The van der Waals surface area contributed by atoms with E-state index in [-0.39, 0.29) is 5.91 Å². The molecule has 28 heavy (non-hydrogen) atoms. The third-order valence-corrected chi connectivity index (χ3v) is 4.82. The van der Waals surface area contributed by atoms with Gasteiger partial charge in [0.1, 0.15) is 18.1 Å². The highest BCUT2D eigenvalue weighted by molar-refractivity contribution is 5.94. The molecule has 4 rings (SSSR count). The first-order valence-electron chi connectivity index (χ1n) is 9.47. The van der Waals surface area contributed by atoms with E-state index < -0.39 is 0 Å². The van der Waals surface area contributed by atoms with E-state index in [0.717, 1.165) is 17.5 Å². The number of carbonyl (C=O) groups is 1. The molecule has 1 aromatic heterocycles. The number of aromatic nitrogens is 1. The quantitative estimate of drug-likeness (QED) is 0.706. The first-order chi connectivity index (χ1) is 13.7. The number of anilines is 1. The number of rotatable bonds is 6. The van der Waals surface area contributed by atoms with Crippen molar-refractivity contribution < 1.29 is 9.63 Å². The summed E-state index contributed by atoms with van der Waals surface area (Å²) < 4.78 is 0. The van der Waals surface area contributed by atoms with Gasteiger partial charge in [0.15, 0.2) is 0 Å². The molecule has 0 fully saturated rings. The van der Waals surface area contributed by atoms with Crippen LogP contribution in [0.2, 0.25) is 0 Å². The molecular formula is C23H23N3O2. The van der Waals surface area contributed by atoms with Gasteiger partial charge in [0.25, 0.3) is 5.91 Å². The summed E-state index contributed by atoms with van der Waals surface area (Å²) in [6.07, 6.45) is 0.737. The molecule has 0 radical (unpaired) electrons. The van der Waals surface area contributed by atoms with Crippen LogP contribution >= 0.6 is 0 Å². The van der Waals surface area contributed by atoms with Crippen LogP contribution in [0.1, 0.15) is 32.7 Å². The Labute approximate surface area is 164 Å². The lowest BCUT2D eigenvalue weighted by atomic mass is 10.1. The average molecular weight is 373 g/mol. The molecule has 0 unspecified atom stereocenters. The van der Waals surface area contributed by atoms with E-state index in [4.69, 9.17) is 4.84 Å². The van der Waals surface area contributed by atoms with Gasteiger partial charge in [0, 0.05) is 6.54 Å². The number of benzene rings is 2. The number of amides is 1. The molecule has 1 aliphatic rings. The maximum atomic E-state index is 12.8. The summed E-state index contributed by atoms with van der Waals surface area (Å²) in [5.41, 5.74) is 4.86. The molecule has 2 heterocycles. The van der Waals surface area contributed by atoms with E-state index in [1.165, 1.54) is 16.2 Å². The smallest absolute Gasteiger partial charge is 0.296 e. The number of carbonyl (C=O) groups excluding carboxylic acids is 1. The second-order valence-corrected chi connectivity index (χ2v) is 6.96. The van der Waals surface area contributed by atoms with Crippen LogP contribution < -0.4 is 5.32 Å². The number of pyridine rings is 1. The van der Waals surface area contributed by atoms with Gasteiger partial charge < -0.3 is 5.32 Å². The molecule has 3 aromatic rings. The van der Waals surface area contributed by atoms with Crippen LogP contribution in [-0.4, -0.2) is 22.5 Å². The Bertz CT molecular complexity index is 955. The van der Waals surface area contributed by atoms with Gasteiger partial charge in [-0.25, -0.2) is 10.0 Å². The molecule has 0 spiro atoms. The number of fused-ring (bicyclic) bond motifs is 1. The monoisotopic (exact) mass is 373 g/mol. The molecule has 142 valence electrons. The van der Waals surface area contributed by atoms with Crippen LogP contribution in [0.25, 0.3) is 0 Å². The lowest BCUT2D eigenvalue weighted by Crippen LogP contribution is -2.38. The van der Waals surface area contributed by atoms with Gasteiger partial charge in [-0.3, -0.25) is 9.63 Å². The lowest BCUT2D eigenvalue weighted by Gasteiger charge is -2.27. The number of hydrogen-bond donors (Lipinski definition) is 1. The minimum Gasteiger partial charge on any atom is -0.366 e. The van der Waals surface area contributed by atoms with Crippen LogP contribution in [0.5, 0.6) is 0 Å². The summed E-state index contributed by atoms with van der Waals surface area (Å²) in [7, 11) is 0. The molecule has 0 saturated heterocycles. The third-order valence-electron chi connectivity index (χ3n) is 4.82. The van der Waals surface area contributed by atoms with Crippen molar-refractivity contribution in [2.24, 2.45) is 0 Å². The molecule has 5 nitrogen and oxygen atoms in total. The van der Waals surface area contributed by atoms with Crippen molar-refractivity contribution in [3.05, 3.63) is 94.7 Å². The highest BCUT2D eigenvalue weighted by Crippen LogP contribution is 2.21. The Hall–Kier alpha value is -3.18.